The summed E-state index contributed by atoms with van der Waals surface area (Å²) in [5.74, 6) is -0.0960. The summed E-state index contributed by atoms with van der Waals surface area (Å²) in [6.45, 7) is 9.08. The minimum atomic E-state index is -1.07. The van der Waals surface area contributed by atoms with Crippen LogP contribution in [-0.2, 0) is 10.5 Å². The lowest BCUT2D eigenvalue weighted by Gasteiger charge is -2.35. The van der Waals surface area contributed by atoms with Gasteiger partial charge in [-0.05, 0) is 18.9 Å². The Labute approximate surface area is 168 Å². The summed E-state index contributed by atoms with van der Waals surface area (Å²) < 4.78 is 3.63. The molecule has 1 saturated heterocycles. The molecule has 2 amide bonds. The number of carbonyl (C=O) groups is 2. The number of hydrogen-bond donors (Lipinski definition) is 1. The van der Waals surface area contributed by atoms with Gasteiger partial charge in [-0.15, -0.1) is 0 Å². The molecule has 1 aromatic carbocycles. The van der Waals surface area contributed by atoms with Crippen LogP contribution in [0.5, 0.6) is 0 Å². The van der Waals surface area contributed by atoms with Crippen molar-refractivity contribution >= 4 is 17.5 Å². The zero-order chi connectivity index (χ0) is 20.5. The first-order chi connectivity index (χ1) is 13.8. The number of aryl methyl sites for hydroxylation is 1. The predicted molar refractivity (Wildman–Crippen MR) is 107 cm³/mol. The number of hydrogen-bond acceptors (Lipinski definition) is 3. The Kier molecular flexibility index (Phi) is 3.62. The van der Waals surface area contributed by atoms with Gasteiger partial charge < -0.3 is 5.32 Å². The first-order valence-electron chi connectivity index (χ1n) is 9.98. The first kappa shape index (κ1) is 17.8. The Balaban J connectivity index is 1.81. The van der Waals surface area contributed by atoms with Crippen LogP contribution < -0.4 is 9.88 Å². The van der Waals surface area contributed by atoms with E-state index in [1.807, 2.05) is 11.5 Å². The second-order valence-electron chi connectivity index (χ2n) is 8.36. The highest BCUT2D eigenvalue weighted by atomic mass is 16.2. The number of nitrogens with zero attached hydrogens (tertiary/aromatic N) is 4. The molecular weight excluding hydrogens is 366 g/mol. The van der Waals surface area contributed by atoms with E-state index >= 15 is 0 Å². The maximum absolute atomic E-state index is 13.1. The average Bonchev–Trinajstić information content (AvgIpc) is 3.18. The molecule has 5 rings (SSSR count). The summed E-state index contributed by atoms with van der Waals surface area (Å²) in [6, 6.07) is 10.3. The number of aromatic nitrogens is 3. The van der Waals surface area contributed by atoms with Crippen LogP contribution in [-0.4, -0.2) is 39.4 Å². The van der Waals surface area contributed by atoms with Gasteiger partial charge in [0.05, 0.1) is 0 Å². The second-order valence-corrected chi connectivity index (χ2v) is 8.36. The normalized spacial score (nSPS) is 20.9. The molecule has 1 N–H and O–H groups in total. The number of amides is 2. The first-order valence-corrected chi connectivity index (χ1v) is 9.98. The van der Waals surface area contributed by atoms with Gasteiger partial charge in [-0.2, -0.15) is 4.57 Å². The van der Waals surface area contributed by atoms with Crippen LogP contribution in [0, 0.1) is 6.92 Å². The standard InChI is InChI=1S/C22H23N5O2/c1-13(2)16-11-17(15-7-5-14(3)6-8-15)24-26-12-18-20(28)25-10-9-23-21(29)22(25,4)27(18)19(16)26/h5-8,11-13H,9-10H2,1-4H3/p+1. The predicted octanol–water partition coefficient (Wildman–Crippen LogP) is 1.98. The molecule has 148 valence electrons. The second kappa shape index (κ2) is 5.89. The quantitative estimate of drug-likeness (QED) is 0.680. The fourth-order valence-corrected chi connectivity index (χ4v) is 4.48. The molecule has 0 radical (unpaired) electrons. The summed E-state index contributed by atoms with van der Waals surface area (Å²) in [4.78, 5) is 27.7. The highest BCUT2D eigenvalue weighted by Gasteiger charge is 2.60. The van der Waals surface area contributed by atoms with Crippen molar-refractivity contribution in [1.29, 1.82) is 0 Å². The molecule has 3 aromatic rings. The third kappa shape index (κ3) is 2.30. The van der Waals surface area contributed by atoms with Crippen LogP contribution >= 0.6 is 0 Å². The monoisotopic (exact) mass is 390 g/mol. The molecule has 2 aliphatic heterocycles. The van der Waals surface area contributed by atoms with Crippen LogP contribution in [0.4, 0.5) is 0 Å². The third-order valence-electron chi connectivity index (χ3n) is 6.13. The largest absolute Gasteiger partial charge is 0.349 e. The minimum Gasteiger partial charge on any atom is -0.349 e. The number of piperazine rings is 1. The number of benzene rings is 1. The molecule has 0 spiro atoms. The molecule has 0 saturated carbocycles. The van der Waals surface area contributed by atoms with E-state index in [-0.39, 0.29) is 17.7 Å². The molecule has 4 heterocycles. The summed E-state index contributed by atoms with van der Waals surface area (Å²) in [5.41, 5.74) is 4.33. The molecule has 0 bridgehead atoms. The van der Waals surface area contributed by atoms with E-state index in [1.54, 1.807) is 15.6 Å². The molecule has 29 heavy (non-hydrogen) atoms. The zero-order valence-electron chi connectivity index (χ0n) is 17.1. The van der Waals surface area contributed by atoms with Gasteiger partial charge in [-0.1, -0.05) is 53.3 Å². The summed E-state index contributed by atoms with van der Waals surface area (Å²) >= 11 is 0. The van der Waals surface area contributed by atoms with Gasteiger partial charge in [0.25, 0.3) is 11.6 Å². The van der Waals surface area contributed by atoms with Crippen LogP contribution in [0.1, 0.15) is 48.3 Å². The van der Waals surface area contributed by atoms with Crippen LogP contribution in [0.15, 0.2) is 36.5 Å². The Morgan fingerprint density at radius 1 is 1.21 bits per heavy atom. The van der Waals surface area contributed by atoms with E-state index in [0.29, 0.717) is 18.8 Å². The van der Waals surface area contributed by atoms with Gasteiger partial charge in [0, 0.05) is 31.1 Å². The van der Waals surface area contributed by atoms with Crippen molar-refractivity contribution in [1.82, 2.24) is 19.8 Å². The maximum atomic E-state index is 13.1. The van der Waals surface area contributed by atoms with E-state index in [2.05, 4.69) is 56.4 Å². The Bertz CT molecular complexity index is 1180. The van der Waals surface area contributed by atoms with E-state index in [4.69, 9.17) is 5.10 Å². The molecule has 2 aliphatic rings. The minimum absolute atomic E-state index is 0.126. The summed E-state index contributed by atoms with van der Waals surface area (Å²) in [5, 5.41) is 7.72. The van der Waals surface area contributed by atoms with Gasteiger partial charge in [-0.3, -0.25) is 14.5 Å². The van der Waals surface area contributed by atoms with Crippen molar-refractivity contribution in [3.05, 3.63) is 53.3 Å². The Morgan fingerprint density at radius 2 is 1.93 bits per heavy atom. The number of carbonyl (C=O) groups excluding carboxylic acids is 2. The number of nitrogens with one attached hydrogen (secondary N) is 1. The molecule has 2 aromatic heterocycles. The van der Waals surface area contributed by atoms with Crippen molar-refractivity contribution in [2.24, 2.45) is 0 Å². The SMILES string of the molecule is Cc1ccc(-c2cc(C(C)C)c3n(cc4[n+]3C3(C)C(=O)NCCN3C4=O)n2)cc1. The van der Waals surface area contributed by atoms with Crippen LogP contribution in [0.25, 0.3) is 16.9 Å². The topological polar surface area (TPSA) is 70.6 Å². The van der Waals surface area contributed by atoms with Crippen molar-refractivity contribution in [2.45, 2.75) is 39.3 Å². The third-order valence-corrected chi connectivity index (χ3v) is 6.13. The maximum Gasteiger partial charge on any atom is 0.313 e. The molecule has 1 fully saturated rings. The smallest absolute Gasteiger partial charge is 0.313 e. The van der Waals surface area contributed by atoms with Crippen molar-refractivity contribution in [3.63, 3.8) is 0 Å². The molecule has 1 atom stereocenters. The number of rotatable bonds is 2. The highest BCUT2D eigenvalue weighted by Crippen LogP contribution is 2.32. The molecular formula is C22H24N5O2+. The van der Waals surface area contributed by atoms with E-state index in [9.17, 15) is 9.59 Å². The van der Waals surface area contributed by atoms with Crippen molar-refractivity contribution < 1.29 is 14.2 Å². The summed E-state index contributed by atoms with van der Waals surface area (Å²) in [7, 11) is 0. The average molecular weight is 390 g/mol. The van der Waals surface area contributed by atoms with Gasteiger partial charge >= 0.3 is 11.6 Å². The van der Waals surface area contributed by atoms with Crippen molar-refractivity contribution in [3.8, 4) is 11.3 Å². The number of fused-ring (bicyclic) bond motifs is 5. The van der Waals surface area contributed by atoms with Gasteiger partial charge in [0.2, 0.25) is 5.69 Å². The zero-order valence-corrected chi connectivity index (χ0v) is 17.1. The molecule has 7 nitrogen and oxygen atoms in total. The fraction of sp³-hybridized carbons (Fsp3) is 0.364. The van der Waals surface area contributed by atoms with Crippen LogP contribution in [0.2, 0.25) is 0 Å². The lowest BCUT2D eigenvalue weighted by atomic mass is 10.0. The van der Waals surface area contributed by atoms with Gasteiger partial charge in [-0.25, -0.2) is 0 Å². The lowest BCUT2D eigenvalue weighted by molar-refractivity contribution is -0.732. The lowest BCUT2D eigenvalue weighted by Crippen LogP contribution is -2.71. The molecule has 0 aliphatic carbocycles. The summed E-state index contributed by atoms with van der Waals surface area (Å²) in [6.07, 6.45) is 1.76. The Hall–Kier alpha value is -3.22. The van der Waals surface area contributed by atoms with Crippen molar-refractivity contribution in [2.75, 3.05) is 13.1 Å². The number of imidazole rings is 1. The van der Waals surface area contributed by atoms with E-state index in [0.717, 1.165) is 22.5 Å². The van der Waals surface area contributed by atoms with E-state index in [1.165, 1.54) is 5.56 Å². The Morgan fingerprint density at radius 3 is 2.62 bits per heavy atom. The fourth-order valence-electron chi connectivity index (χ4n) is 4.48. The van der Waals surface area contributed by atoms with E-state index < -0.39 is 5.66 Å². The van der Waals surface area contributed by atoms with Crippen LogP contribution in [0.3, 0.4) is 0 Å². The molecule has 7 heteroatoms. The molecule has 1 unspecified atom stereocenters. The van der Waals surface area contributed by atoms with Gasteiger partial charge in [0.1, 0.15) is 5.69 Å². The highest BCUT2D eigenvalue weighted by molar-refractivity contribution is 5.98. The van der Waals surface area contributed by atoms with Gasteiger partial charge in [0.15, 0.2) is 6.20 Å².